The zero-order chi connectivity index (χ0) is 23.4. The molecule has 1 heterocycles. The van der Waals surface area contributed by atoms with Crippen molar-refractivity contribution in [3.63, 3.8) is 0 Å². The number of carbonyl (C=O) groups excluding carboxylic acids is 1. The first kappa shape index (κ1) is 23.3. The lowest BCUT2D eigenvalue weighted by atomic mass is 9.83. The molecule has 0 atom stereocenters. The molecule has 0 amide bonds. The third kappa shape index (κ3) is 5.40. The molecule has 0 spiro atoms. The van der Waals surface area contributed by atoms with Gasteiger partial charge in [-0.1, -0.05) is 42.5 Å². The first-order valence-corrected chi connectivity index (χ1v) is 11.8. The van der Waals surface area contributed by atoms with Gasteiger partial charge in [0.15, 0.2) is 5.78 Å². The molecule has 33 heavy (non-hydrogen) atoms. The van der Waals surface area contributed by atoms with Gasteiger partial charge in [0.05, 0.1) is 5.60 Å². The first-order chi connectivity index (χ1) is 15.9. The fourth-order valence-electron chi connectivity index (χ4n) is 4.90. The van der Waals surface area contributed by atoms with E-state index >= 15 is 0 Å². The van der Waals surface area contributed by atoms with Crippen molar-refractivity contribution in [3.8, 4) is 11.1 Å². The Bertz CT molecular complexity index is 1080. The maximum absolute atomic E-state index is 13.0. The van der Waals surface area contributed by atoms with Gasteiger partial charge in [-0.05, 0) is 91.7 Å². The molecule has 3 aromatic rings. The van der Waals surface area contributed by atoms with Gasteiger partial charge in [0.1, 0.15) is 5.82 Å². The molecule has 1 aliphatic heterocycles. The van der Waals surface area contributed by atoms with E-state index < -0.39 is 5.60 Å². The molecule has 0 saturated carbocycles. The van der Waals surface area contributed by atoms with E-state index in [4.69, 9.17) is 0 Å². The summed E-state index contributed by atoms with van der Waals surface area (Å²) in [6.07, 6.45) is 2.58. The molecule has 3 aromatic carbocycles. The number of piperidine rings is 1. The maximum atomic E-state index is 13.0. The highest BCUT2D eigenvalue weighted by atomic mass is 19.1. The summed E-state index contributed by atoms with van der Waals surface area (Å²) in [5, 5.41) is 11.3. The molecule has 0 radical (unpaired) electrons. The molecule has 4 heteroatoms. The van der Waals surface area contributed by atoms with Gasteiger partial charge in [-0.25, -0.2) is 4.39 Å². The van der Waals surface area contributed by atoms with E-state index in [2.05, 4.69) is 61.2 Å². The van der Waals surface area contributed by atoms with E-state index in [1.54, 1.807) is 12.1 Å². The Morgan fingerprint density at radius 3 is 2.15 bits per heavy atom. The fraction of sp³-hybridized carbons (Fsp3) is 0.345. The van der Waals surface area contributed by atoms with Crippen molar-refractivity contribution >= 4 is 5.78 Å². The summed E-state index contributed by atoms with van der Waals surface area (Å²) in [7, 11) is 0. The van der Waals surface area contributed by atoms with Gasteiger partial charge < -0.3 is 10.0 Å². The van der Waals surface area contributed by atoms with Crippen LogP contribution >= 0.6 is 0 Å². The number of carbonyl (C=O) groups is 1. The van der Waals surface area contributed by atoms with Gasteiger partial charge in [-0.2, -0.15) is 0 Å². The number of hydrogen-bond acceptors (Lipinski definition) is 3. The van der Waals surface area contributed by atoms with Crippen LogP contribution in [0.5, 0.6) is 0 Å². The Balaban J connectivity index is 1.30. The zero-order valence-electron chi connectivity index (χ0n) is 19.5. The number of rotatable bonds is 7. The number of benzene rings is 3. The Morgan fingerprint density at radius 2 is 1.55 bits per heavy atom. The van der Waals surface area contributed by atoms with Crippen LogP contribution in [-0.4, -0.2) is 35.4 Å². The second-order valence-corrected chi connectivity index (χ2v) is 9.25. The molecular weight excluding hydrogens is 413 g/mol. The molecule has 0 unspecified atom stereocenters. The lowest BCUT2D eigenvalue weighted by Gasteiger charge is -2.38. The summed E-state index contributed by atoms with van der Waals surface area (Å²) in [5.74, 6) is -0.278. The molecule has 1 aliphatic rings. The molecule has 0 aliphatic carbocycles. The predicted molar refractivity (Wildman–Crippen MR) is 131 cm³/mol. The van der Waals surface area contributed by atoms with E-state index in [-0.39, 0.29) is 11.6 Å². The van der Waals surface area contributed by atoms with Crippen molar-refractivity contribution < 1.29 is 14.3 Å². The van der Waals surface area contributed by atoms with Crippen molar-refractivity contribution in [1.82, 2.24) is 4.90 Å². The minimum Gasteiger partial charge on any atom is -0.385 e. The van der Waals surface area contributed by atoms with Crippen LogP contribution in [0.25, 0.3) is 11.1 Å². The van der Waals surface area contributed by atoms with E-state index in [0.29, 0.717) is 24.8 Å². The van der Waals surface area contributed by atoms with E-state index in [1.165, 1.54) is 34.4 Å². The number of likely N-dealkylation sites (tertiary alicyclic amines) is 1. The van der Waals surface area contributed by atoms with Gasteiger partial charge in [-0.15, -0.1) is 0 Å². The SMILES string of the molecule is Cc1cccc(C)c1-c1ccc(C2(O)CCN(CCCC(=O)c3ccc(F)cc3)CC2)cc1. The summed E-state index contributed by atoms with van der Waals surface area (Å²) in [6, 6.07) is 20.5. The highest BCUT2D eigenvalue weighted by molar-refractivity contribution is 5.95. The van der Waals surface area contributed by atoms with Crippen LogP contribution in [0.2, 0.25) is 0 Å². The Kier molecular flexibility index (Phi) is 7.06. The van der Waals surface area contributed by atoms with Crippen LogP contribution in [-0.2, 0) is 5.60 Å². The van der Waals surface area contributed by atoms with Crippen LogP contribution in [0.1, 0.15) is 52.7 Å². The van der Waals surface area contributed by atoms with Crippen LogP contribution in [0, 0.1) is 19.7 Å². The van der Waals surface area contributed by atoms with E-state index in [0.717, 1.165) is 31.6 Å². The highest BCUT2D eigenvalue weighted by Gasteiger charge is 2.33. The molecule has 172 valence electrons. The third-order valence-electron chi connectivity index (χ3n) is 6.92. The maximum Gasteiger partial charge on any atom is 0.162 e. The van der Waals surface area contributed by atoms with Crippen molar-refractivity contribution in [2.45, 2.75) is 45.1 Å². The number of aliphatic hydroxyl groups is 1. The average Bonchev–Trinajstić information content (AvgIpc) is 2.81. The summed E-state index contributed by atoms with van der Waals surface area (Å²) in [4.78, 5) is 14.6. The predicted octanol–water partition coefficient (Wildman–Crippen LogP) is 6.06. The Hall–Kier alpha value is -2.82. The molecule has 1 saturated heterocycles. The van der Waals surface area contributed by atoms with Crippen LogP contribution in [0.15, 0.2) is 66.7 Å². The van der Waals surface area contributed by atoms with Crippen LogP contribution < -0.4 is 0 Å². The normalized spacial score (nSPS) is 16.0. The van der Waals surface area contributed by atoms with Crippen molar-refractivity contribution in [1.29, 1.82) is 0 Å². The molecule has 1 fully saturated rings. The quantitative estimate of drug-likeness (QED) is 0.450. The molecular formula is C29H32FNO2. The topological polar surface area (TPSA) is 40.5 Å². The monoisotopic (exact) mass is 445 g/mol. The molecule has 0 aromatic heterocycles. The average molecular weight is 446 g/mol. The van der Waals surface area contributed by atoms with Gasteiger partial charge in [0, 0.05) is 25.1 Å². The lowest BCUT2D eigenvalue weighted by Crippen LogP contribution is -2.42. The largest absolute Gasteiger partial charge is 0.385 e. The molecule has 0 bridgehead atoms. The highest BCUT2D eigenvalue weighted by Crippen LogP contribution is 2.35. The van der Waals surface area contributed by atoms with E-state index in [9.17, 15) is 14.3 Å². The number of halogens is 1. The molecule has 4 rings (SSSR count). The van der Waals surface area contributed by atoms with Gasteiger partial charge in [-0.3, -0.25) is 4.79 Å². The van der Waals surface area contributed by atoms with E-state index in [1.807, 2.05) is 0 Å². The standard InChI is InChI=1S/C29H32FNO2/c1-21-5-3-6-22(2)28(21)24-8-12-25(13-9-24)29(33)16-19-31(20-17-29)18-4-7-27(32)23-10-14-26(30)15-11-23/h3,5-6,8-15,33H,4,7,16-20H2,1-2H3. The summed E-state index contributed by atoms with van der Waals surface area (Å²) >= 11 is 0. The lowest BCUT2D eigenvalue weighted by molar-refractivity contribution is -0.0260. The van der Waals surface area contributed by atoms with Crippen LogP contribution in [0.4, 0.5) is 4.39 Å². The fourth-order valence-corrected chi connectivity index (χ4v) is 4.90. The summed E-state index contributed by atoms with van der Waals surface area (Å²) in [6.45, 7) is 6.70. The van der Waals surface area contributed by atoms with Gasteiger partial charge in [0.25, 0.3) is 0 Å². The third-order valence-corrected chi connectivity index (χ3v) is 6.92. The Labute approximate surface area is 195 Å². The minimum atomic E-state index is -0.806. The number of ketones is 1. The second-order valence-electron chi connectivity index (χ2n) is 9.25. The van der Waals surface area contributed by atoms with Crippen LogP contribution in [0.3, 0.4) is 0 Å². The Morgan fingerprint density at radius 1 is 0.939 bits per heavy atom. The second kappa shape index (κ2) is 9.98. The van der Waals surface area contributed by atoms with Crippen molar-refractivity contribution in [3.05, 3.63) is 94.8 Å². The smallest absolute Gasteiger partial charge is 0.162 e. The van der Waals surface area contributed by atoms with Crippen molar-refractivity contribution in [2.24, 2.45) is 0 Å². The molecule has 1 N–H and O–H groups in total. The van der Waals surface area contributed by atoms with Crippen molar-refractivity contribution in [2.75, 3.05) is 19.6 Å². The number of hydrogen-bond donors (Lipinski definition) is 1. The minimum absolute atomic E-state index is 0.0486. The molecule has 3 nitrogen and oxygen atoms in total. The summed E-state index contributed by atoms with van der Waals surface area (Å²) in [5.41, 5.74) is 5.69. The number of aryl methyl sites for hydroxylation is 2. The number of nitrogens with zero attached hydrogens (tertiary/aromatic N) is 1. The van der Waals surface area contributed by atoms with Gasteiger partial charge in [0.2, 0.25) is 0 Å². The van der Waals surface area contributed by atoms with Gasteiger partial charge >= 0.3 is 0 Å². The summed E-state index contributed by atoms with van der Waals surface area (Å²) < 4.78 is 13.0. The first-order valence-electron chi connectivity index (χ1n) is 11.8. The number of Topliss-reactive ketones (excluding diaryl/α,β-unsaturated/α-hetero) is 1. The zero-order valence-corrected chi connectivity index (χ0v) is 19.5.